The standard InChI is InChI=1S/C13H14N6O/c1-19(2)8-5-3-4-7(6-8)10-15-9-11(16-10)17-13(14)18-12(9)20/h3-6H,1-2H3,(H4,14,15,16,17,18,20). The second kappa shape index (κ2) is 4.37. The van der Waals surface area contributed by atoms with Crippen molar-refractivity contribution in [2.45, 2.75) is 0 Å². The highest BCUT2D eigenvalue weighted by atomic mass is 16.1. The van der Waals surface area contributed by atoms with E-state index in [0.717, 1.165) is 11.3 Å². The SMILES string of the molecule is CN(C)c1cccc(-c2nc3nc(N)[nH]c(=O)c3[nH]2)c1. The minimum atomic E-state index is -0.324. The van der Waals surface area contributed by atoms with E-state index in [4.69, 9.17) is 5.73 Å². The summed E-state index contributed by atoms with van der Waals surface area (Å²) in [7, 11) is 3.93. The summed E-state index contributed by atoms with van der Waals surface area (Å²) < 4.78 is 0. The number of hydrogen-bond donors (Lipinski definition) is 3. The molecule has 102 valence electrons. The lowest BCUT2D eigenvalue weighted by Crippen LogP contribution is -2.10. The van der Waals surface area contributed by atoms with Crippen molar-refractivity contribution in [3.05, 3.63) is 34.6 Å². The van der Waals surface area contributed by atoms with Crippen LogP contribution < -0.4 is 16.2 Å². The monoisotopic (exact) mass is 270 g/mol. The molecule has 0 unspecified atom stereocenters. The van der Waals surface area contributed by atoms with E-state index in [1.807, 2.05) is 43.3 Å². The second-order valence-corrected chi connectivity index (χ2v) is 4.68. The number of fused-ring (bicyclic) bond motifs is 1. The van der Waals surface area contributed by atoms with Crippen LogP contribution in [-0.2, 0) is 0 Å². The van der Waals surface area contributed by atoms with Crippen LogP contribution in [0.2, 0.25) is 0 Å². The summed E-state index contributed by atoms with van der Waals surface area (Å²) >= 11 is 0. The average molecular weight is 270 g/mol. The fourth-order valence-electron chi connectivity index (χ4n) is 1.99. The Balaban J connectivity index is 2.17. The number of anilines is 2. The molecule has 3 rings (SSSR count). The van der Waals surface area contributed by atoms with Crippen molar-refractivity contribution < 1.29 is 0 Å². The summed E-state index contributed by atoms with van der Waals surface area (Å²) in [6.07, 6.45) is 0. The van der Waals surface area contributed by atoms with E-state index >= 15 is 0 Å². The maximum absolute atomic E-state index is 11.8. The molecule has 0 atom stereocenters. The Bertz CT molecular complexity index is 832. The Morgan fingerprint density at radius 1 is 1.20 bits per heavy atom. The maximum Gasteiger partial charge on any atom is 0.278 e. The van der Waals surface area contributed by atoms with Crippen LogP contribution in [0.1, 0.15) is 0 Å². The number of nitrogens with two attached hydrogens (primary N) is 1. The minimum absolute atomic E-state index is 0.0580. The van der Waals surface area contributed by atoms with Crippen molar-refractivity contribution in [1.82, 2.24) is 19.9 Å². The zero-order valence-electron chi connectivity index (χ0n) is 11.1. The third-order valence-electron chi connectivity index (χ3n) is 3.02. The predicted molar refractivity (Wildman–Crippen MR) is 78.7 cm³/mol. The molecule has 0 bridgehead atoms. The van der Waals surface area contributed by atoms with E-state index in [2.05, 4.69) is 19.9 Å². The molecule has 7 heteroatoms. The van der Waals surface area contributed by atoms with E-state index in [0.29, 0.717) is 17.0 Å². The zero-order chi connectivity index (χ0) is 14.3. The smallest absolute Gasteiger partial charge is 0.278 e. The first-order chi connectivity index (χ1) is 9.54. The Hall–Kier alpha value is -2.83. The maximum atomic E-state index is 11.8. The van der Waals surface area contributed by atoms with Gasteiger partial charge in [0.15, 0.2) is 11.2 Å². The zero-order valence-corrected chi connectivity index (χ0v) is 11.1. The highest BCUT2D eigenvalue weighted by molar-refractivity contribution is 5.76. The molecule has 7 nitrogen and oxygen atoms in total. The number of nitrogen functional groups attached to an aromatic ring is 1. The minimum Gasteiger partial charge on any atom is -0.378 e. The topological polar surface area (TPSA) is 104 Å². The summed E-state index contributed by atoms with van der Waals surface area (Å²) in [5, 5.41) is 0. The Morgan fingerprint density at radius 2 is 2.00 bits per heavy atom. The second-order valence-electron chi connectivity index (χ2n) is 4.68. The molecule has 0 aliphatic rings. The molecule has 1 aromatic carbocycles. The molecular formula is C13H14N6O. The lowest BCUT2D eigenvalue weighted by molar-refractivity contribution is 1.13. The van der Waals surface area contributed by atoms with Crippen LogP contribution in [0.4, 0.5) is 11.6 Å². The van der Waals surface area contributed by atoms with Crippen molar-refractivity contribution in [2.24, 2.45) is 0 Å². The number of aromatic amines is 2. The molecule has 0 aliphatic heterocycles. The van der Waals surface area contributed by atoms with E-state index < -0.39 is 0 Å². The molecule has 3 aromatic rings. The van der Waals surface area contributed by atoms with Gasteiger partial charge in [0.05, 0.1) is 0 Å². The van der Waals surface area contributed by atoms with Gasteiger partial charge in [0.1, 0.15) is 5.82 Å². The van der Waals surface area contributed by atoms with Crippen LogP contribution in [0.15, 0.2) is 29.1 Å². The third kappa shape index (κ3) is 1.99. The van der Waals surface area contributed by atoms with Gasteiger partial charge >= 0.3 is 0 Å². The largest absolute Gasteiger partial charge is 0.378 e. The summed E-state index contributed by atoms with van der Waals surface area (Å²) in [6, 6.07) is 7.83. The molecule has 0 saturated carbocycles. The number of imidazole rings is 1. The van der Waals surface area contributed by atoms with Crippen LogP contribution in [0.25, 0.3) is 22.6 Å². The van der Waals surface area contributed by atoms with Gasteiger partial charge in [-0.1, -0.05) is 12.1 Å². The van der Waals surface area contributed by atoms with Gasteiger partial charge in [-0.3, -0.25) is 9.78 Å². The molecule has 0 amide bonds. The van der Waals surface area contributed by atoms with Crippen molar-refractivity contribution >= 4 is 22.8 Å². The van der Waals surface area contributed by atoms with Crippen molar-refractivity contribution in [2.75, 3.05) is 24.7 Å². The van der Waals surface area contributed by atoms with E-state index in [-0.39, 0.29) is 11.5 Å². The Kier molecular flexibility index (Phi) is 2.67. The Labute approximate surface area is 114 Å². The average Bonchev–Trinajstić information content (AvgIpc) is 2.83. The molecule has 0 saturated heterocycles. The van der Waals surface area contributed by atoms with Gasteiger partial charge in [0, 0.05) is 25.3 Å². The first-order valence-electron chi connectivity index (χ1n) is 6.08. The number of nitrogens with one attached hydrogen (secondary N) is 2. The lowest BCUT2D eigenvalue weighted by atomic mass is 10.2. The summed E-state index contributed by atoms with van der Waals surface area (Å²) in [6.45, 7) is 0. The van der Waals surface area contributed by atoms with Crippen LogP contribution in [-0.4, -0.2) is 34.0 Å². The molecule has 0 fully saturated rings. The first-order valence-corrected chi connectivity index (χ1v) is 6.08. The van der Waals surface area contributed by atoms with Gasteiger partial charge in [0.25, 0.3) is 5.56 Å². The normalized spacial score (nSPS) is 10.9. The van der Waals surface area contributed by atoms with Gasteiger partial charge < -0.3 is 15.6 Å². The van der Waals surface area contributed by atoms with Crippen LogP contribution >= 0.6 is 0 Å². The summed E-state index contributed by atoms with van der Waals surface area (Å²) in [5.41, 5.74) is 7.75. The number of benzene rings is 1. The molecule has 20 heavy (non-hydrogen) atoms. The summed E-state index contributed by atoms with van der Waals surface area (Å²) in [4.78, 5) is 27.5. The molecular weight excluding hydrogens is 256 g/mol. The van der Waals surface area contributed by atoms with Crippen molar-refractivity contribution in [3.8, 4) is 11.4 Å². The van der Waals surface area contributed by atoms with Crippen LogP contribution in [0, 0.1) is 0 Å². The first kappa shape index (κ1) is 12.2. The molecule has 2 aromatic heterocycles. The van der Waals surface area contributed by atoms with Gasteiger partial charge in [0.2, 0.25) is 5.95 Å². The van der Waals surface area contributed by atoms with Crippen LogP contribution in [0.5, 0.6) is 0 Å². The van der Waals surface area contributed by atoms with Gasteiger partial charge in [-0.25, -0.2) is 4.98 Å². The van der Waals surface area contributed by atoms with E-state index in [1.165, 1.54) is 0 Å². The predicted octanol–water partition coefficient (Wildman–Crippen LogP) is 0.961. The Morgan fingerprint density at radius 3 is 2.75 bits per heavy atom. The summed E-state index contributed by atoms with van der Waals surface area (Å²) in [5.74, 6) is 0.648. The number of rotatable bonds is 2. The quantitative estimate of drug-likeness (QED) is 0.643. The number of aromatic nitrogens is 4. The van der Waals surface area contributed by atoms with Gasteiger partial charge in [-0.2, -0.15) is 4.98 Å². The third-order valence-corrected chi connectivity index (χ3v) is 3.02. The fraction of sp³-hybridized carbons (Fsp3) is 0.154. The van der Waals surface area contributed by atoms with Crippen LogP contribution in [0.3, 0.4) is 0 Å². The van der Waals surface area contributed by atoms with Gasteiger partial charge in [-0.05, 0) is 12.1 Å². The number of nitrogens with zero attached hydrogens (tertiary/aromatic N) is 3. The number of hydrogen-bond acceptors (Lipinski definition) is 5. The van der Waals surface area contributed by atoms with Gasteiger partial charge in [-0.15, -0.1) is 0 Å². The number of H-pyrrole nitrogens is 2. The highest BCUT2D eigenvalue weighted by Crippen LogP contribution is 2.22. The van der Waals surface area contributed by atoms with E-state index in [1.54, 1.807) is 0 Å². The molecule has 2 heterocycles. The molecule has 4 N–H and O–H groups in total. The molecule has 0 aliphatic carbocycles. The molecule has 0 radical (unpaired) electrons. The van der Waals surface area contributed by atoms with Crippen molar-refractivity contribution in [1.29, 1.82) is 0 Å². The fourth-order valence-corrected chi connectivity index (χ4v) is 1.99. The lowest BCUT2D eigenvalue weighted by Gasteiger charge is -2.12. The van der Waals surface area contributed by atoms with E-state index in [9.17, 15) is 4.79 Å². The highest BCUT2D eigenvalue weighted by Gasteiger charge is 2.10. The van der Waals surface area contributed by atoms with Crippen molar-refractivity contribution in [3.63, 3.8) is 0 Å². The molecule has 0 spiro atoms.